The smallest absolute Gasteiger partial charge is 0.101 e. The van der Waals surface area contributed by atoms with Gasteiger partial charge in [-0.05, 0) is 31.5 Å². The van der Waals surface area contributed by atoms with Gasteiger partial charge in [0.05, 0.1) is 29.5 Å². The molecule has 2 heterocycles. The zero-order valence-corrected chi connectivity index (χ0v) is 10.0. The highest BCUT2D eigenvalue weighted by Crippen LogP contribution is 2.26. The van der Waals surface area contributed by atoms with E-state index < -0.39 is 0 Å². The molecule has 1 aromatic heterocycles. The molecule has 1 unspecified atom stereocenters. The van der Waals surface area contributed by atoms with E-state index in [0.29, 0.717) is 11.6 Å². The zero-order valence-electron chi connectivity index (χ0n) is 10.0. The minimum atomic E-state index is 0.347. The van der Waals surface area contributed by atoms with Gasteiger partial charge in [0.25, 0.3) is 0 Å². The first-order valence-electron chi connectivity index (χ1n) is 6.15. The van der Waals surface area contributed by atoms with Crippen LogP contribution in [0, 0.1) is 11.3 Å². The fourth-order valence-electron chi connectivity index (χ4n) is 2.48. The normalized spacial score (nSPS) is 18.7. The zero-order chi connectivity index (χ0) is 12.4. The van der Waals surface area contributed by atoms with Crippen LogP contribution >= 0.6 is 0 Å². The molecular weight excluding hydrogens is 224 g/mol. The maximum absolute atomic E-state index is 9.17. The molecule has 2 aromatic rings. The topological polar surface area (TPSA) is 53.6 Å². The van der Waals surface area contributed by atoms with Crippen molar-refractivity contribution in [3.8, 4) is 11.8 Å². The van der Waals surface area contributed by atoms with Crippen LogP contribution in [0.3, 0.4) is 0 Å². The molecule has 4 heteroatoms. The summed E-state index contributed by atoms with van der Waals surface area (Å²) in [5, 5.41) is 12.6. The molecule has 3 rings (SSSR count). The molecular formula is C14H14N4. The molecule has 90 valence electrons. The highest BCUT2D eigenvalue weighted by Gasteiger charge is 2.20. The summed E-state index contributed by atoms with van der Waals surface area (Å²) in [6.07, 6.45) is 5.98. The molecule has 1 aliphatic rings. The number of hydrogen-bond donors (Lipinski definition) is 1. The highest BCUT2D eigenvalue weighted by atomic mass is 15.1. The lowest BCUT2D eigenvalue weighted by Gasteiger charge is -2.14. The summed E-state index contributed by atoms with van der Waals surface area (Å²) < 4.78 is 2.02. The molecule has 0 saturated carbocycles. The third-order valence-electron chi connectivity index (χ3n) is 3.37. The van der Waals surface area contributed by atoms with Crippen molar-refractivity contribution < 1.29 is 0 Å². The van der Waals surface area contributed by atoms with Gasteiger partial charge in [0.1, 0.15) is 6.07 Å². The van der Waals surface area contributed by atoms with Gasteiger partial charge in [-0.3, -0.25) is 0 Å². The molecule has 0 radical (unpaired) electrons. The average molecular weight is 238 g/mol. The Balaban J connectivity index is 2.07. The molecule has 1 fully saturated rings. The van der Waals surface area contributed by atoms with Crippen LogP contribution in [-0.2, 0) is 0 Å². The van der Waals surface area contributed by atoms with Gasteiger partial charge < -0.3 is 9.88 Å². The van der Waals surface area contributed by atoms with Gasteiger partial charge >= 0.3 is 0 Å². The van der Waals surface area contributed by atoms with E-state index in [2.05, 4.69) is 16.4 Å². The van der Waals surface area contributed by atoms with Crippen LogP contribution in [0.25, 0.3) is 5.69 Å². The van der Waals surface area contributed by atoms with Crippen molar-refractivity contribution in [2.75, 3.05) is 6.54 Å². The number of hydrogen-bond acceptors (Lipinski definition) is 3. The number of rotatable bonds is 2. The minimum Gasteiger partial charge on any atom is -0.309 e. The van der Waals surface area contributed by atoms with Gasteiger partial charge in [-0.2, -0.15) is 5.26 Å². The Morgan fingerprint density at radius 1 is 1.39 bits per heavy atom. The molecule has 4 nitrogen and oxygen atoms in total. The number of para-hydroxylation sites is 1. The van der Waals surface area contributed by atoms with E-state index in [1.165, 1.54) is 6.42 Å². The first-order valence-corrected chi connectivity index (χ1v) is 6.15. The molecule has 1 saturated heterocycles. The van der Waals surface area contributed by atoms with E-state index in [1.54, 1.807) is 6.33 Å². The number of nitrogens with zero attached hydrogens (tertiary/aromatic N) is 3. The van der Waals surface area contributed by atoms with Crippen LogP contribution in [0.4, 0.5) is 0 Å². The maximum Gasteiger partial charge on any atom is 0.101 e. The van der Waals surface area contributed by atoms with Crippen LogP contribution in [0.2, 0.25) is 0 Å². The lowest BCUT2D eigenvalue weighted by Crippen LogP contribution is -2.16. The largest absolute Gasteiger partial charge is 0.309 e. The molecule has 1 N–H and O–H groups in total. The molecule has 0 spiro atoms. The summed E-state index contributed by atoms with van der Waals surface area (Å²) in [6.45, 7) is 1.05. The Hall–Kier alpha value is -2.12. The summed E-state index contributed by atoms with van der Waals surface area (Å²) >= 11 is 0. The quantitative estimate of drug-likeness (QED) is 0.872. The Bertz CT molecular complexity index is 588. The lowest BCUT2D eigenvalue weighted by atomic mass is 10.1. The summed E-state index contributed by atoms with van der Waals surface area (Å²) in [5.74, 6) is 0. The van der Waals surface area contributed by atoms with E-state index in [-0.39, 0.29) is 0 Å². The van der Waals surface area contributed by atoms with Gasteiger partial charge in [0, 0.05) is 6.04 Å². The van der Waals surface area contributed by atoms with Crippen LogP contribution < -0.4 is 5.32 Å². The van der Waals surface area contributed by atoms with Crippen LogP contribution in [0.1, 0.15) is 30.1 Å². The predicted octanol–water partition coefficient (Wildman–Crippen LogP) is 2.17. The molecule has 1 aliphatic heterocycles. The van der Waals surface area contributed by atoms with Crippen molar-refractivity contribution in [1.82, 2.24) is 14.9 Å². The van der Waals surface area contributed by atoms with Crippen molar-refractivity contribution >= 4 is 0 Å². The van der Waals surface area contributed by atoms with Crippen molar-refractivity contribution in [3.63, 3.8) is 0 Å². The number of imidazole rings is 1. The molecule has 1 atom stereocenters. The summed E-state index contributed by atoms with van der Waals surface area (Å²) in [7, 11) is 0. The Kier molecular flexibility index (Phi) is 2.83. The fraction of sp³-hybridized carbons (Fsp3) is 0.286. The van der Waals surface area contributed by atoms with Crippen molar-refractivity contribution in [3.05, 3.63) is 48.0 Å². The number of benzene rings is 1. The second kappa shape index (κ2) is 4.63. The number of nitriles is 1. The predicted molar refractivity (Wildman–Crippen MR) is 68.3 cm³/mol. The summed E-state index contributed by atoms with van der Waals surface area (Å²) in [4.78, 5) is 4.23. The maximum atomic E-state index is 9.17. The Morgan fingerprint density at radius 3 is 3.06 bits per heavy atom. The second-order valence-corrected chi connectivity index (χ2v) is 4.47. The van der Waals surface area contributed by atoms with Gasteiger partial charge in [-0.15, -0.1) is 0 Å². The van der Waals surface area contributed by atoms with Crippen LogP contribution in [0.15, 0.2) is 36.8 Å². The fourth-order valence-corrected chi connectivity index (χ4v) is 2.48. The SMILES string of the molecule is N#Cc1ccccc1-n1cncc1C1CCCN1. The van der Waals surface area contributed by atoms with Crippen molar-refractivity contribution in [1.29, 1.82) is 5.26 Å². The number of aromatic nitrogens is 2. The second-order valence-electron chi connectivity index (χ2n) is 4.47. The monoisotopic (exact) mass is 238 g/mol. The first-order chi connectivity index (χ1) is 8.90. The Labute approximate surface area is 106 Å². The van der Waals surface area contributed by atoms with Gasteiger partial charge in [-0.25, -0.2) is 4.98 Å². The Morgan fingerprint density at radius 2 is 2.28 bits per heavy atom. The van der Waals surface area contributed by atoms with E-state index in [1.807, 2.05) is 35.0 Å². The molecule has 0 amide bonds. The van der Waals surface area contributed by atoms with E-state index in [9.17, 15) is 5.26 Å². The standard InChI is InChI=1S/C14H14N4/c15-8-11-4-1-2-6-13(11)18-10-16-9-14(18)12-5-3-7-17-12/h1-2,4,6,9-10,12,17H,3,5,7H2. The third kappa shape index (κ3) is 1.79. The van der Waals surface area contributed by atoms with E-state index >= 15 is 0 Å². The first kappa shape index (κ1) is 11.0. The van der Waals surface area contributed by atoms with Crippen LogP contribution in [-0.4, -0.2) is 16.1 Å². The lowest BCUT2D eigenvalue weighted by molar-refractivity contribution is 0.615. The highest BCUT2D eigenvalue weighted by molar-refractivity contribution is 5.49. The molecule has 0 bridgehead atoms. The van der Waals surface area contributed by atoms with Gasteiger partial charge in [0.2, 0.25) is 0 Å². The van der Waals surface area contributed by atoms with E-state index in [4.69, 9.17) is 0 Å². The van der Waals surface area contributed by atoms with E-state index in [0.717, 1.165) is 24.3 Å². The van der Waals surface area contributed by atoms with Crippen molar-refractivity contribution in [2.45, 2.75) is 18.9 Å². The number of nitrogens with one attached hydrogen (secondary N) is 1. The third-order valence-corrected chi connectivity index (χ3v) is 3.37. The molecule has 1 aromatic carbocycles. The van der Waals surface area contributed by atoms with Crippen molar-refractivity contribution in [2.24, 2.45) is 0 Å². The summed E-state index contributed by atoms with van der Waals surface area (Å²) in [6, 6.07) is 10.2. The van der Waals surface area contributed by atoms with Gasteiger partial charge in [0.15, 0.2) is 0 Å². The summed E-state index contributed by atoms with van der Waals surface area (Å²) in [5.41, 5.74) is 2.71. The van der Waals surface area contributed by atoms with Gasteiger partial charge in [-0.1, -0.05) is 12.1 Å². The van der Waals surface area contributed by atoms with Crippen LogP contribution in [0.5, 0.6) is 0 Å². The molecule has 0 aliphatic carbocycles. The molecule has 18 heavy (non-hydrogen) atoms. The average Bonchev–Trinajstić information content (AvgIpc) is 3.09. The minimum absolute atomic E-state index is 0.347.